The van der Waals surface area contributed by atoms with Gasteiger partial charge in [0.05, 0.1) is 11.6 Å². The van der Waals surface area contributed by atoms with Gasteiger partial charge >= 0.3 is 0 Å². The maximum absolute atomic E-state index is 13.5. The number of halogens is 1. The second-order valence-electron chi connectivity index (χ2n) is 6.51. The van der Waals surface area contributed by atoms with Gasteiger partial charge in [0.25, 0.3) is 5.91 Å². The molecule has 1 aromatic heterocycles. The van der Waals surface area contributed by atoms with Gasteiger partial charge in [-0.3, -0.25) is 4.79 Å². The van der Waals surface area contributed by atoms with E-state index in [0.717, 1.165) is 36.5 Å². The van der Waals surface area contributed by atoms with Crippen molar-refractivity contribution in [3.8, 4) is 6.07 Å². The summed E-state index contributed by atoms with van der Waals surface area (Å²) >= 11 is 0. The van der Waals surface area contributed by atoms with Crippen LogP contribution in [0.4, 0.5) is 10.1 Å². The fraction of sp³-hybridized carbons (Fsp3) is 0.200. The summed E-state index contributed by atoms with van der Waals surface area (Å²) in [6, 6.07) is 13.6. The summed E-state index contributed by atoms with van der Waals surface area (Å²) in [5.41, 5.74) is 2.94. The molecular formula is C20H17FN4O. The predicted molar refractivity (Wildman–Crippen MR) is 97.6 cm³/mol. The summed E-state index contributed by atoms with van der Waals surface area (Å²) in [5, 5.41) is 15.9. The van der Waals surface area contributed by atoms with Crippen LogP contribution in [-0.2, 0) is 0 Å². The van der Waals surface area contributed by atoms with Crippen LogP contribution < -0.4 is 10.6 Å². The van der Waals surface area contributed by atoms with E-state index < -0.39 is 5.82 Å². The Labute approximate surface area is 149 Å². The quantitative estimate of drug-likeness (QED) is 0.677. The molecule has 5 nitrogen and oxygen atoms in total. The molecule has 0 aliphatic carbocycles. The second kappa shape index (κ2) is 6.62. The lowest BCUT2D eigenvalue weighted by atomic mass is 9.97. The van der Waals surface area contributed by atoms with Crippen LogP contribution in [0.5, 0.6) is 0 Å². The zero-order valence-electron chi connectivity index (χ0n) is 14.0. The van der Waals surface area contributed by atoms with Crippen molar-refractivity contribution in [1.29, 1.82) is 5.26 Å². The maximum atomic E-state index is 13.5. The number of anilines is 1. The van der Waals surface area contributed by atoms with Crippen molar-refractivity contribution >= 4 is 22.5 Å². The van der Waals surface area contributed by atoms with Gasteiger partial charge in [0, 0.05) is 23.1 Å². The summed E-state index contributed by atoms with van der Waals surface area (Å²) in [7, 11) is 0. The molecule has 1 atom stereocenters. The van der Waals surface area contributed by atoms with Gasteiger partial charge in [-0.05, 0) is 60.8 Å². The second-order valence-corrected chi connectivity index (χ2v) is 6.51. The number of carbonyl (C=O) groups excluding carboxylic acids is 1. The molecule has 26 heavy (non-hydrogen) atoms. The van der Waals surface area contributed by atoms with Gasteiger partial charge in [-0.15, -0.1) is 0 Å². The minimum Gasteiger partial charge on any atom is -0.351 e. The van der Waals surface area contributed by atoms with Crippen LogP contribution in [0.25, 0.3) is 10.9 Å². The third-order valence-corrected chi connectivity index (χ3v) is 4.71. The number of aromatic nitrogens is 1. The lowest BCUT2D eigenvalue weighted by molar-refractivity contribution is 0.102. The van der Waals surface area contributed by atoms with Crippen molar-refractivity contribution < 1.29 is 9.18 Å². The minimum atomic E-state index is -0.564. The van der Waals surface area contributed by atoms with Gasteiger partial charge in [-0.1, -0.05) is 6.07 Å². The number of nitriles is 1. The Morgan fingerprint density at radius 2 is 2.12 bits per heavy atom. The molecule has 0 saturated carbocycles. The number of amides is 1. The normalized spacial score (nSPS) is 16.5. The highest BCUT2D eigenvalue weighted by atomic mass is 19.1. The lowest BCUT2D eigenvalue weighted by Gasteiger charge is -2.08. The summed E-state index contributed by atoms with van der Waals surface area (Å²) < 4.78 is 13.5. The smallest absolute Gasteiger partial charge is 0.272 e. The van der Waals surface area contributed by atoms with E-state index in [-0.39, 0.29) is 17.2 Å². The molecule has 6 heteroatoms. The molecule has 2 aromatic carbocycles. The molecule has 1 amide bonds. The van der Waals surface area contributed by atoms with E-state index >= 15 is 0 Å². The number of fused-ring (bicyclic) bond motifs is 1. The molecule has 0 radical (unpaired) electrons. The van der Waals surface area contributed by atoms with Crippen molar-refractivity contribution in [3.63, 3.8) is 0 Å². The van der Waals surface area contributed by atoms with Crippen molar-refractivity contribution in [2.24, 2.45) is 0 Å². The minimum absolute atomic E-state index is 0.159. The monoisotopic (exact) mass is 348 g/mol. The Bertz CT molecular complexity index is 1030. The fourth-order valence-corrected chi connectivity index (χ4v) is 3.39. The highest BCUT2D eigenvalue weighted by Gasteiger charge is 2.18. The summed E-state index contributed by atoms with van der Waals surface area (Å²) in [5.74, 6) is -0.436. The third kappa shape index (κ3) is 3.17. The fourth-order valence-electron chi connectivity index (χ4n) is 3.39. The van der Waals surface area contributed by atoms with Gasteiger partial charge in [0.2, 0.25) is 0 Å². The first-order valence-electron chi connectivity index (χ1n) is 8.48. The van der Waals surface area contributed by atoms with Gasteiger partial charge < -0.3 is 15.6 Å². The van der Waals surface area contributed by atoms with Crippen LogP contribution in [-0.4, -0.2) is 24.0 Å². The number of benzene rings is 2. The standard InChI is InChI=1S/C20H17FN4O/c21-16-5-12(10-22)6-17(9-16)24-20(26)19-8-15-7-13(1-2-18(15)25-19)14-3-4-23-11-14/h1-2,5-9,14,23,25H,3-4,11H2,(H,24,26). The molecule has 1 unspecified atom stereocenters. The van der Waals surface area contributed by atoms with E-state index in [1.54, 1.807) is 6.07 Å². The Hall–Kier alpha value is -3.17. The van der Waals surface area contributed by atoms with Crippen molar-refractivity contribution in [2.45, 2.75) is 12.3 Å². The third-order valence-electron chi connectivity index (χ3n) is 4.71. The molecule has 1 fully saturated rings. The van der Waals surface area contributed by atoms with Crippen molar-refractivity contribution in [2.75, 3.05) is 18.4 Å². The van der Waals surface area contributed by atoms with Crippen molar-refractivity contribution in [3.05, 3.63) is 65.1 Å². The largest absolute Gasteiger partial charge is 0.351 e. The van der Waals surface area contributed by atoms with Crippen LogP contribution in [0, 0.1) is 17.1 Å². The number of hydrogen-bond donors (Lipinski definition) is 3. The molecule has 1 aliphatic heterocycles. The Kier molecular flexibility index (Phi) is 4.15. The number of rotatable bonds is 3. The summed E-state index contributed by atoms with van der Waals surface area (Å²) in [4.78, 5) is 15.6. The molecule has 1 saturated heterocycles. The molecule has 2 heterocycles. The number of carbonyl (C=O) groups is 1. The number of H-pyrrole nitrogens is 1. The molecule has 4 rings (SSSR count). The molecule has 3 N–H and O–H groups in total. The Morgan fingerprint density at radius 3 is 2.88 bits per heavy atom. The van der Waals surface area contributed by atoms with Crippen LogP contribution in [0.15, 0.2) is 42.5 Å². The van der Waals surface area contributed by atoms with Crippen LogP contribution >= 0.6 is 0 Å². The predicted octanol–water partition coefficient (Wildman–Crippen LogP) is 3.51. The number of nitrogens with zero attached hydrogens (tertiary/aromatic N) is 1. The Morgan fingerprint density at radius 1 is 1.23 bits per heavy atom. The Balaban J connectivity index is 1.59. The average Bonchev–Trinajstić information content (AvgIpc) is 3.30. The van der Waals surface area contributed by atoms with Crippen molar-refractivity contribution in [1.82, 2.24) is 10.3 Å². The molecule has 0 spiro atoms. The molecular weight excluding hydrogens is 331 g/mol. The van der Waals surface area contributed by atoms with E-state index in [4.69, 9.17) is 5.26 Å². The topological polar surface area (TPSA) is 80.7 Å². The summed E-state index contributed by atoms with van der Waals surface area (Å²) in [6.07, 6.45) is 1.12. The maximum Gasteiger partial charge on any atom is 0.272 e. The average molecular weight is 348 g/mol. The molecule has 1 aliphatic rings. The first-order chi connectivity index (χ1) is 12.6. The first-order valence-corrected chi connectivity index (χ1v) is 8.48. The van der Waals surface area contributed by atoms with Gasteiger partial charge in [0.1, 0.15) is 11.5 Å². The number of nitrogens with one attached hydrogen (secondary N) is 3. The molecule has 3 aromatic rings. The van der Waals surface area contributed by atoms with Crippen LogP contribution in [0.3, 0.4) is 0 Å². The van der Waals surface area contributed by atoms with Crippen LogP contribution in [0.1, 0.15) is 34.0 Å². The highest BCUT2D eigenvalue weighted by Crippen LogP contribution is 2.26. The molecule has 0 bridgehead atoms. The lowest BCUT2D eigenvalue weighted by Crippen LogP contribution is -2.12. The van der Waals surface area contributed by atoms with E-state index in [9.17, 15) is 9.18 Å². The van der Waals surface area contributed by atoms with Gasteiger partial charge in [0.15, 0.2) is 0 Å². The zero-order chi connectivity index (χ0) is 18.1. The van der Waals surface area contributed by atoms with Gasteiger partial charge in [-0.2, -0.15) is 5.26 Å². The molecule has 130 valence electrons. The number of hydrogen-bond acceptors (Lipinski definition) is 3. The van der Waals surface area contributed by atoms with E-state index in [2.05, 4.69) is 27.8 Å². The number of aromatic amines is 1. The SMILES string of the molecule is N#Cc1cc(F)cc(NC(=O)c2cc3cc(C4CCNC4)ccc3[nH]2)c1. The highest BCUT2D eigenvalue weighted by molar-refractivity contribution is 6.06. The van der Waals surface area contributed by atoms with E-state index in [1.165, 1.54) is 17.7 Å². The van der Waals surface area contributed by atoms with E-state index in [1.807, 2.05) is 12.1 Å². The van der Waals surface area contributed by atoms with E-state index in [0.29, 0.717) is 11.6 Å². The van der Waals surface area contributed by atoms with Gasteiger partial charge in [-0.25, -0.2) is 4.39 Å². The first kappa shape index (κ1) is 16.3. The summed E-state index contributed by atoms with van der Waals surface area (Å²) in [6.45, 7) is 2.01. The van der Waals surface area contributed by atoms with Crippen LogP contribution in [0.2, 0.25) is 0 Å². The zero-order valence-corrected chi connectivity index (χ0v) is 14.0.